The van der Waals surface area contributed by atoms with Crippen molar-refractivity contribution in [3.8, 4) is 0 Å². The second-order valence-electron chi connectivity index (χ2n) is 2.68. The molecule has 0 fully saturated rings. The summed E-state index contributed by atoms with van der Waals surface area (Å²) < 4.78 is 1.40. The van der Waals surface area contributed by atoms with Gasteiger partial charge in [-0.15, -0.1) is 11.3 Å². The number of benzene rings is 1. The molecular weight excluding hydrogens is 184 g/mol. The predicted octanol–water partition coefficient (Wildman–Crippen LogP) is 3.76. The summed E-state index contributed by atoms with van der Waals surface area (Å²) in [7, 11) is 0. The Morgan fingerprint density at radius 1 is 1.33 bits per heavy atom. The molecule has 2 aromatic rings. The molecule has 62 valence electrons. The highest BCUT2D eigenvalue weighted by molar-refractivity contribution is 7.97. The molecule has 0 atom stereocenters. The summed E-state index contributed by atoms with van der Waals surface area (Å²) in [6.45, 7) is 0. The van der Waals surface area contributed by atoms with E-state index in [0.29, 0.717) is 0 Å². The number of thioether (sulfide) groups is 1. The van der Waals surface area contributed by atoms with Crippen molar-refractivity contribution in [1.29, 1.82) is 0 Å². The van der Waals surface area contributed by atoms with Crippen LogP contribution in [-0.4, -0.2) is 6.26 Å². The van der Waals surface area contributed by atoms with E-state index in [-0.39, 0.29) is 0 Å². The fourth-order valence-corrected chi connectivity index (χ4v) is 3.07. The summed E-state index contributed by atoms with van der Waals surface area (Å²) >= 11 is 3.78. The SMILES string of the molecule is CSCc1cc2ccccc2s1. The average molecular weight is 194 g/mol. The van der Waals surface area contributed by atoms with Crippen molar-refractivity contribution < 1.29 is 0 Å². The summed E-state index contributed by atoms with van der Waals surface area (Å²) in [4.78, 5) is 1.48. The molecule has 2 heteroatoms. The molecule has 0 radical (unpaired) electrons. The van der Waals surface area contributed by atoms with Crippen LogP contribution in [0.3, 0.4) is 0 Å². The maximum atomic E-state index is 2.29. The molecular formula is C10H10S2. The lowest BCUT2D eigenvalue weighted by molar-refractivity contribution is 1.56. The zero-order chi connectivity index (χ0) is 8.39. The number of fused-ring (bicyclic) bond motifs is 1. The lowest BCUT2D eigenvalue weighted by atomic mass is 10.2. The minimum absolute atomic E-state index is 1.14. The van der Waals surface area contributed by atoms with Gasteiger partial charge in [0.25, 0.3) is 0 Å². The van der Waals surface area contributed by atoms with E-state index in [0.717, 1.165) is 5.75 Å². The summed E-state index contributed by atoms with van der Waals surface area (Å²) in [5.74, 6) is 1.14. The first kappa shape index (κ1) is 8.14. The Morgan fingerprint density at radius 3 is 2.92 bits per heavy atom. The monoisotopic (exact) mass is 194 g/mol. The van der Waals surface area contributed by atoms with Crippen LogP contribution in [0.25, 0.3) is 10.1 Å². The highest BCUT2D eigenvalue weighted by Crippen LogP contribution is 2.27. The Hall–Kier alpha value is -0.470. The van der Waals surface area contributed by atoms with E-state index in [1.807, 2.05) is 23.1 Å². The van der Waals surface area contributed by atoms with Gasteiger partial charge in [0.2, 0.25) is 0 Å². The maximum Gasteiger partial charge on any atom is 0.0345 e. The predicted molar refractivity (Wildman–Crippen MR) is 59.0 cm³/mol. The van der Waals surface area contributed by atoms with Crippen LogP contribution in [0.5, 0.6) is 0 Å². The molecule has 1 heterocycles. The van der Waals surface area contributed by atoms with E-state index in [2.05, 4.69) is 36.6 Å². The Bertz CT molecular complexity index is 343. The second kappa shape index (κ2) is 3.50. The molecule has 0 spiro atoms. The topological polar surface area (TPSA) is 0 Å². The van der Waals surface area contributed by atoms with Crippen LogP contribution in [0.2, 0.25) is 0 Å². The largest absolute Gasteiger partial charge is 0.160 e. The third-order valence-corrected chi connectivity index (χ3v) is 3.66. The Balaban J connectivity index is 2.47. The van der Waals surface area contributed by atoms with Crippen molar-refractivity contribution in [2.75, 3.05) is 6.26 Å². The smallest absolute Gasteiger partial charge is 0.0345 e. The summed E-state index contributed by atoms with van der Waals surface area (Å²) in [6.07, 6.45) is 2.14. The zero-order valence-electron chi connectivity index (χ0n) is 6.91. The van der Waals surface area contributed by atoms with Crippen LogP contribution < -0.4 is 0 Å². The quantitative estimate of drug-likeness (QED) is 0.701. The first-order chi connectivity index (χ1) is 5.90. The van der Waals surface area contributed by atoms with Crippen LogP contribution in [0.1, 0.15) is 4.88 Å². The molecule has 0 amide bonds. The lowest BCUT2D eigenvalue weighted by Gasteiger charge is -1.86. The minimum atomic E-state index is 1.14. The van der Waals surface area contributed by atoms with Crippen LogP contribution in [-0.2, 0) is 5.75 Å². The van der Waals surface area contributed by atoms with Gasteiger partial charge in [-0.05, 0) is 23.8 Å². The van der Waals surface area contributed by atoms with Crippen LogP contribution >= 0.6 is 23.1 Å². The Morgan fingerprint density at radius 2 is 2.17 bits per heavy atom. The van der Waals surface area contributed by atoms with Crippen molar-refractivity contribution in [3.05, 3.63) is 35.2 Å². The first-order valence-electron chi connectivity index (χ1n) is 3.86. The van der Waals surface area contributed by atoms with E-state index >= 15 is 0 Å². The fourth-order valence-electron chi connectivity index (χ4n) is 1.25. The van der Waals surface area contributed by atoms with Gasteiger partial charge in [-0.3, -0.25) is 0 Å². The highest BCUT2D eigenvalue weighted by atomic mass is 32.2. The molecule has 1 aromatic heterocycles. The molecule has 0 N–H and O–H groups in total. The number of hydrogen-bond acceptors (Lipinski definition) is 2. The molecule has 0 aliphatic carbocycles. The van der Waals surface area contributed by atoms with Crippen molar-refractivity contribution in [2.45, 2.75) is 5.75 Å². The molecule has 0 saturated heterocycles. The van der Waals surface area contributed by atoms with Gasteiger partial charge in [-0.2, -0.15) is 11.8 Å². The van der Waals surface area contributed by atoms with Gasteiger partial charge in [0.1, 0.15) is 0 Å². The fraction of sp³-hybridized carbons (Fsp3) is 0.200. The second-order valence-corrected chi connectivity index (χ2v) is 4.72. The minimum Gasteiger partial charge on any atom is -0.160 e. The lowest BCUT2D eigenvalue weighted by Crippen LogP contribution is -1.66. The molecule has 0 nitrogen and oxygen atoms in total. The van der Waals surface area contributed by atoms with Gasteiger partial charge in [-0.25, -0.2) is 0 Å². The number of thiophene rings is 1. The number of rotatable bonds is 2. The zero-order valence-corrected chi connectivity index (χ0v) is 8.54. The van der Waals surface area contributed by atoms with Crippen molar-refractivity contribution in [1.82, 2.24) is 0 Å². The van der Waals surface area contributed by atoms with Gasteiger partial charge in [-0.1, -0.05) is 18.2 Å². The molecule has 1 aromatic carbocycles. The molecule has 0 bridgehead atoms. The van der Waals surface area contributed by atoms with Gasteiger partial charge in [0, 0.05) is 15.3 Å². The van der Waals surface area contributed by atoms with Crippen molar-refractivity contribution in [3.63, 3.8) is 0 Å². The average Bonchev–Trinajstić information content (AvgIpc) is 2.47. The summed E-state index contributed by atoms with van der Waals surface area (Å²) in [6, 6.07) is 10.8. The van der Waals surface area contributed by atoms with Gasteiger partial charge >= 0.3 is 0 Å². The van der Waals surface area contributed by atoms with Gasteiger partial charge < -0.3 is 0 Å². The van der Waals surface area contributed by atoms with Crippen molar-refractivity contribution >= 4 is 33.2 Å². The molecule has 0 aliphatic heterocycles. The van der Waals surface area contributed by atoms with Crippen molar-refractivity contribution in [2.24, 2.45) is 0 Å². The number of hydrogen-bond donors (Lipinski definition) is 0. The Kier molecular flexibility index (Phi) is 2.38. The molecule has 0 saturated carbocycles. The third-order valence-electron chi connectivity index (χ3n) is 1.76. The standard InChI is InChI=1S/C10H10S2/c1-11-7-9-6-8-4-2-3-5-10(8)12-9/h2-6H,7H2,1H3. The van der Waals surface area contributed by atoms with Gasteiger partial charge in [0.15, 0.2) is 0 Å². The normalized spacial score (nSPS) is 10.8. The van der Waals surface area contributed by atoms with Crippen LogP contribution in [0.4, 0.5) is 0 Å². The van der Waals surface area contributed by atoms with E-state index in [1.54, 1.807) is 0 Å². The molecule has 0 aliphatic rings. The van der Waals surface area contributed by atoms with E-state index in [4.69, 9.17) is 0 Å². The first-order valence-corrected chi connectivity index (χ1v) is 6.07. The van der Waals surface area contributed by atoms with Crippen LogP contribution in [0.15, 0.2) is 30.3 Å². The van der Waals surface area contributed by atoms with E-state index < -0.39 is 0 Å². The molecule has 0 unspecified atom stereocenters. The van der Waals surface area contributed by atoms with Gasteiger partial charge in [0.05, 0.1) is 0 Å². The third kappa shape index (κ3) is 1.50. The highest BCUT2D eigenvalue weighted by Gasteiger charge is 1.98. The summed E-state index contributed by atoms with van der Waals surface area (Å²) in [5, 5.41) is 1.38. The summed E-state index contributed by atoms with van der Waals surface area (Å²) in [5.41, 5.74) is 0. The van der Waals surface area contributed by atoms with Crippen LogP contribution in [0, 0.1) is 0 Å². The Labute approximate surface area is 80.6 Å². The maximum absolute atomic E-state index is 2.29. The van der Waals surface area contributed by atoms with E-state index in [9.17, 15) is 0 Å². The molecule has 12 heavy (non-hydrogen) atoms. The van der Waals surface area contributed by atoms with E-state index in [1.165, 1.54) is 15.0 Å². The molecule has 2 rings (SSSR count).